The fraction of sp³-hybridized carbons (Fsp3) is 0.611. The van der Waals surface area contributed by atoms with Crippen LogP contribution in [0.5, 0.6) is 0 Å². The molecule has 0 bridgehead atoms. The molecule has 1 aliphatic heterocycles. The molecule has 7 nitrogen and oxygen atoms in total. The van der Waals surface area contributed by atoms with E-state index in [9.17, 15) is 14.9 Å². The van der Waals surface area contributed by atoms with Crippen LogP contribution in [0.25, 0.3) is 0 Å². The van der Waals surface area contributed by atoms with Gasteiger partial charge in [0.2, 0.25) is 5.91 Å². The van der Waals surface area contributed by atoms with Crippen molar-refractivity contribution >= 4 is 33.2 Å². The SMILES string of the molecule is O=C(C1CCCC1)N1CCN(CCNc2cc(Br)ccc2[N+](=O)[O-])CC1. The summed E-state index contributed by atoms with van der Waals surface area (Å²) in [6.45, 7) is 4.73. The number of carbonyl (C=O) groups excluding carboxylic acids is 1. The molecule has 1 aromatic rings. The Kier molecular flexibility index (Phi) is 6.48. The molecule has 2 aliphatic rings. The van der Waals surface area contributed by atoms with Crippen LogP contribution >= 0.6 is 15.9 Å². The molecule has 1 saturated carbocycles. The molecule has 1 N–H and O–H groups in total. The zero-order valence-electron chi connectivity index (χ0n) is 14.8. The lowest BCUT2D eigenvalue weighted by Gasteiger charge is -2.36. The maximum absolute atomic E-state index is 12.5. The van der Waals surface area contributed by atoms with Crippen LogP contribution in [0.1, 0.15) is 25.7 Å². The fourth-order valence-corrected chi connectivity index (χ4v) is 4.14. The molecule has 0 atom stereocenters. The summed E-state index contributed by atoms with van der Waals surface area (Å²) in [4.78, 5) is 27.5. The monoisotopic (exact) mass is 424 g/mol. The lowest BCUT2D eigenvalue weighted by molar-refractivity contribution is -0.384. The Morgan fingerprint density at radius 1 is 1.23 bits per heavy atom. The van der Waals surface area contributed by atoms with Gasteiger partial charge in [-0.3, -0.25) is 19.8 Å². The minimum Gasteiger partial charge on any atom is -0.378 e. The van der Waals surface area contributed by atoms with Crippen LogP contribution in [0.3, 0.4) is 0 Å². The Morgan fingerprint density at radius 3 is 2.58 bits per heavy atom. The van der Waals surface area contributed by atoms with E-state index in [2.05, 4.69) is 26.1 Å². The number of hydrogen-bond donors (Lipinski definition) is 1. The van der Waals surface area contributed by atoms with Gasteiger partial charge >= 0.3 is 0 Å². The number of amides is 1. The molecule has 8 heteroatoms. The number of halogens is 1. The van der Waals surface area contributed by atoms with Gasteiger partial charge in [0.25, 0.3) is 5.69 Å². The molecule has 0 radical (unpaired) electrons. The molecule has 1 aromatic carbocycles. The summed E-state index contributed by atoms with van der Waals surface area (Å²) in [5, 5.41) is 14.3. The average Bonchev–Trinajstić information content (AvgIpc) is 3.16. The number of benzene rings is 1. The molecule has 2 fully saturated rings. The van der Waals surface area contributed by atoms with Crippen LogP contribution in [0.4, 0.5) is 11.4 Å². The number of nitro groups is 1. The summed E-state index contributed by atoms with van der Waals surface area (Å²) >= 11 is 3.35. The zero-order valence-corrected chi connectivity index (χ0v) is 16.4. The number of nitrogens with one attached hydrogen (secondary N) is 1. The van der Waals surface area contributed by atoms with Crippen molar-refractivity contribution in [3.8, 4) is 0 Å². The van der Waals surface area contributed by atoms with Crippen molar-refractivity contribution in [2.75, 3.05) is 44.6 Å². The first-order chi connectivity index (χ1) is 12.5. The predicted molar refractivity (Wildman–Crippen MR) is 104 cm³/mol. The standard InChI is InChI=1S/C18H25BrN4O3/c19-15-5-6-17(23(25)26)16(13-15)20-7-8-21-9-11-22(12-10-21)18(24)14-3-1-2-4-14/h5-6,13-14,20H,1-4,7-12H2. The van der Waals surface area contributed by atoms with Crippen molar-refractivity contribution in [3.05, 3.63) is 32.8 Å². The second-order valence-corrected chi connectivity index (χ2v) is 7.91. The van der Waals surface area contributed by atoms with Gasteiger partial charge < -0.3 is 10.2 Å². The van der Waals surface area contributed by atoms with Crippen LogP contribution in [0.15, 0.2) is 22.7 Å². The zero-order chi connectivity index (χ0) is 18.5. The lowest BCUT2D eigenvalue weighted by atomic mass is 10.1. The molecule has 26 heavy (non-hydrogen) atoms. The maximum atomic E-state index is 12.5. The number of nitrogens with zero attached hydrogens (tertiary/aromatic N) is 3. The molecule has 142 valence electrons. The first-order valence-corrected chi connectivity index (χ1v) is 10.0. The van der Waals surface area contributed by atoms with E-state index in [4.69, 9.17) is 0 Å². The highest BCUT2D eigenvalue weighted by atomic mass is 79.9. The smallest absolute Gasteiger partial charge is 0.292 e. The highest BCUT2D eigenvalue weighted by Crippen LogP contribution is 2.28. The van der Waals surface area contributed by atoms with Gasteiger partial charge in [-0.05, 0) is 25.0 Å². The van der Waals surface area contributed by atoms with Crippen LogP contribution in [0.2, 0.25) is 0 Å². The van der Waals surface area contributed by atoms with E-state index in [0.717, 1.165) is 50.0 Å². The Hall–Kier alpha value is -1.67. The molecule has 1 saturated heterocycles. The summed E-state index contributed by atoms with van der Waals surface area (Å²) in [6, 6.07) is 4.90. The summed E-state index contributed by atoms with van der Waals surface area (Å²) in [7, 11) is 0. The molecule has 3 rings (SSSR count). The Morgan fingerprint density at radius 2 is 1.92 bits per heavy atom. The first-order valence-electron chi connectivity index (χ1n) is 9.23. The largest absolute Gasteiger partial charge is 0.378 e. The number of anilines is 1. The summed E-state index contributed by atoms with van der Waals surface area (Å²) in [6.07, 6.45) is 4.47. The van der Waals surface area contributed by atoms with Crippen molar-refractivity contribution < 1.29 is 9.72 Å². The number of hydrogen-bond acceptors (Lipinski definition) is 5. The van der Waals surface area contributed by atoms with Crippen molar-refractivity contribution in [3.63, 3.8) is 0 Å². The molecule has 0 unspecified atom stereocenters. The third kappa shape index (κ3) is 4.73. The second kappa shape index (κ2) is 8.81. The quantitative estimate of drug-likeness (QED) is 0.560. The van der Waals surface area contributed by atoms with Gasteiger partial charge in [-0.2, -0.15) is 0 Å². The Balaban J connectivity index is 1.44. The highest BCUT2D eigenvalue weighted by Gasteiger charge is 2.29. The topological polar surface area (TPSA) is 78.7 Å². The number of nitro benzene ring substituents is 1. The van der Waals surface area contributed by atoms with E-state index in [0.29, 0.717) is 18.1 Å². The van der Waals surface area contributed by atoms with Crippen LogP contribution in [0, 0.1) is 16.0 Å². The van der Waals surface area contributed by atoms with E-state index in [1.807, 2.05) is 4.90 Å². The van der Waals surface area contributed by atoms with E-state index < -0.39 is 0 Å². The molecule has 0 aromatic heterocycles. The molecular weight excluding hydrogens is 400 g/mol. The highest BCUT2D eigenvalue weighted by molar-refractivity contribution is 9.10. The Labute approximate surface area is 162 Å². The first kappa shape index (κ1) is 19.1. The molecule has 1 aliphatic carbocycles. The van der Waals surface area contributed by atoms with Gasteiger partial charge in [0.05, 0.1) is 4.92 Å². The maximum Gasteiger partial charge on any atom is 0.292 e. The van der Waals surface area contributed by atoms with Gasteiger partial charge in [-0.1, -0.05) is 28.8 Å². The second-order valence-electron chi connectivity index (χ2n) is 6.99. The lowest BCUT2D eigenvalue weighted by Crippen LogP contribution is -2.50. The minimum absolute atomic E-state index is 0.0835. The summed E-state index contributed by atoms with van der Waals surface area (Å²) in [5.74, 6) is 0.588. The molecule has 1 amide bonds. The van der Waals surface area contributed by atoms with Crippen LogP contribution in [-0.2, 0) is 4.79 Å². The summed E-state index contributed by atoms with van der Waals surface area (Å²) in [5.41, 5.74) is 0.611. The fourth-order valence-electron chi connectivity index (χ4n) is 3.78. The molecular formula is C18H25BrN4O3. The minimum atomic E-state index is -0.373. The number of piperazine rings is 1. The van der Waals surface area contributed by atoms with Crippen LogP contribution < -0.4 is 5.32 Å². The third-order valence-electron chi connectivity index (χ3n) is 5.29. The molecule has 0 spiro atoms. The van der Waals surface area contributed by atoms with Gasteiger partial charge in [0, 0.05) is 55.7 Å². The van der Waals surface area contributed by atoms with Gasteiger partial charge in [0.15, 0.2) is 0 Å². The summed E-state index contributed by atoms with van der Waals surface area (Å²) < 4.78 is 0.810. The van der Waals surface area contributed by atoms with Crippen molar-refractivity contribution in [2.45, 2.75) is 25.7 Å². The van der Waals surface area contributed by atoms with Gasteiger partial charge in [-0.15, -0.1) is 0 Å². The van der Waals surface area contributed by atoms with E-state index in [1.165, 1.54) is 18.9 Å². The van der Waals surface area contributed by atoms with E-state index in [1.54, 1.807) is 12.1 Å². The third-order valence-corrected chi connectivity index (χ3v) is 5.78. The normalized spacial score (nSPS) is 18.9. The van der Waals surface area contributed by atoms with Gasteiger partial charge in [-0.25, -0.2) is 0 Å². The number of rotatable bonds is 6. The van der Waals surface area contributed by atoms with E-state index >= 15 is 0 Å². The van der Waals surface area contributed by atoms with Crippen molar-refractivity contribution in [1.82, 2.24) is 9.80 Å². The van der Waals surface area contributed by atoms with Crippen molar-refractivity contribution in [1.29, 1.82) is 0 Å². The molecule has 1 heterocycles. The Bertz CT molecular complexity index is 656. The van der Waals surface area contributed by atoms with Crippen LogP contribution in [-0.4, -0.2) is 59.9 Å². The van der Waals surface area contributed by atoms with E-state index in [-0.39, 0.29) is 16.5 Å². The van der Waals surface area contributed by atoms with Crippen molar-refractivity contribution in [2.24, 2.45) is 5.92 Å². The number of carbonyl (C=O) groups is 1. The average molecular weight is 425 g/mol. The van der Waals surface area contributed by atoms with Gasteiger partial charge in [0.1, 0.15) is 5.69 Å². The predicted octanol–water partition coefficient (Wildman–Crippen LogP) is 3.10.